The number of amides is 3. The van der Waals surface area contributed by atoms with Crippen LogP contribution in [0.3, 0.4) is 0 Å². The number of carbonyl (C=O) groups excluding carboxylic acids is 3. The number of hydrogen-bond donors (Lipinski definition) is 4. The van der Waals surface area contributed by atoms with Gasteiger partial charge in [0.05, 0.1) is 0 Å². The number of hydrazine groups is 1. The summed E-state index contributed by atoms with van der Waals surface area (Å²) >= 11 is 0. The van der Waals surface area contributed by atoms with Gasteiger partial charge in [0, 0.05) is 31.6 Å². The van der Waals surface area contributed by atoms with E-state index < -0.39 is 17.9 Å². The van der Waals surface area contributed by atoms with E-state index in [4.69, 9.17) is 0 Å². The first-order valence-corrected chi connectivity index (χ1v) is 3.01. The maximum absolute atomic E-state index is 10.6. The SMILES string of the molecule is NC(=O)/C=C\C(=O)ONNC(N)=O.[Zn]. The summed E-state index contributed by atoms with van der Waals surface area (Å²) in [5.41, 5.74) is 12.8. The summed E-state index contributed by atoms with van der Waals surface area (Å²) in [5.74, 6) is -1.70. The maximum Gasteiger partial charge on any atom is 0.351 e. The molecule has 0 rings (SSSR count). The average Bonchev–Trinajstić information content (AvgIpc) is 2.00. The Morgan fingerprint density at radius 2 is 1.71 bits per heavy atom. The van der Waals surface area contributed by atoms with E-state index in [2.05, 4.69) is 16.3 Å². The van der Waals surface area contributed by atoms with E-state index in [0.29, 0.717) is 0 Å². The van der Waals surface area contributed by atoms with Crippen LogP contribution in [-0.2, 0) is 33.9 Å². The van der Waals surface area contributed by atoms with Crippen LogP contribution < -0.4 is 22.5 Å². The summed E-state index contributed by atoms with van der Waals surface area (Å²) in [6.45, 7) is 0. The van der Waals surface area contributed by atoms with Crippen molar-refractivity contribution in [1.29, 1.82) is 0 Å². The largest absolute Gasteiger partial charge is 0.366 e. The van der Waals surface area contributed by atoms with E-state index >= 15 is 0 Å². The monoisotopic (exact) mass is 252 g/mol. The van der Waals surface area contributed by atoms with Crippen molar-refractivity contribution in [1.82, 2.24) is 11.0 Å². The number of rotatable bonds is 4. The minimum atomic E-state index is -0.924. The Kier molecular flexibility index (Phi) is 8.74. The smallest absolute Gasteiger partial charge is 0.351 e. The molecule has 0 atom stereocenters. The van der Waals surface area contributed by atoms with Gasteiger partial charge < -0.3 is 16.3 Å². The third-order valence-corrected chi connectivity index (χ3v) is 0.710. The number of primary amides is 2. The fourth-order valence-corrected chi connectivity index (χ4v) is 0.310. The molecular weight excluding hydrogens is 245 g/mol. The van der Waals surface area contributed by atoms with Gasteiger partial charge in [0.1, 0.15) is 0 Å². The van der Waals surface area contributed by atoms with Gasteiger partial charge in [-0.05, 0) is 0 Å². The Balaban J connectivity index is 0. The predicted octanol–water partition coefficient (Wildman–Crippen LogP) is -2.34. The van der Waals surface area contributed by atoms with Gasteiger partial charge in [-0.3, -0.25) is 4.79 Å². The van der Waals surface area contributed by atoms with Crippen LogP contribution in [0, 0.1) is 0 Å². The van der Waals surface area contributed by atoms with Crippen molar-refractivity contribution in [2.75, 3.05) is 0 Å². The van der Waals surface area contributed by atoms with Crippen molar-refractivity contribution in [2.45, 2.75) is 0 Å². The van der Waals surface area contributed by atoms with Crippen molar-refractivity contribution < 1.29 is 38.7 Å². The third-order valence-electron chi connectivity index (χ3n) is 0.710. The van der Waals surface area contributed by atoms with Crippen LogP contribution in [-0.4, -0.2) is 17.9 Å². The quantitative estimate of drug-likeness (QED) is 0.253. The first-order chi connectivity index (χ1) is 6.02. The average molecular weight is 254 g/mol. The Labute approximate surface area is 91.7 Å². The zero-order chi connectivity index (χ0) is 10.3. The van der Waals surface area contributed by atoms with E-state index in [9.17, 15) is 14.4 Å². The van der Waals surface area contributed by atoms with Crippen LogP contribution in [0.15, 0.2) is 12.2 Å². The predicted molar refractivity (Wildman–Crippen MR) is 40.3 cm³/mol. The number of urea groups is 1. The Morgan fingerprint density at radius 3 is 2.14 bits per heavy atom. The molecule has 0 bridgehead atoms. The van der Waals surface area contributed by atoms with Crippen LogP contribution in [0.5, 0.6) is 0 Å². The minimum absolute atomic E-state index is 0. The summed E-state index contributed by atoms with van der Waals surface area (Å²) in [5, 5.41) is 0. The van der Waals surface area contributed by atoms with Crippen molar-refractivity contribution in [2.24, 2.45) is 11.5 Å². The number of nitrogens with one attached hydrogen (secondary N) is 2. The van der Waals surface area contributed by atoms with Gasteiger partial charge in [0.15, 0.2) is 0 Å². The first kappa shape index (κ1) is 15.0. The molecule has 0 heterocycles. The second-order valence-corrected chi connectivity index (χ2v) is 1.75. The summed E-state index contributed by atoms with van der Waals surface area (Å²) < 4.78 is 0. The van der Waals surface area contributed by atoms with E-state index in [1.807, 2.05) is 0 Å². The van der Waals surface area contributed by atoms with E-state index in [0.717, 1.165) is 12.2 Å². The van der Waals surface area contributed by atoms with Gasteiger partial charge in [-0.15, -0.1) is 0 Å². The van der Waals surface area contributed by atoms with Gasteiger partial charge in [-0.2, -0.15) is 0 Å². The van der Waals surface area contributed by atoms with Gasteiger partial charge in [0.2, 0.25) is 5.91 Å². The Bertz CT molecular complexity index is 254. The second kappa shape index (κ2) is 8.15. The van der Waals surface area contributed by atoms with Crippen molar-refractivity contribution in [3.63, 3.8) is 0 Å². The fraction of sp³-hybridized carbons (Fsp3) is 0. The molecule has 0 aliphatic rings. The summed E-state index contributed by atoms with van der Waals surface area (Å²) in [4.78, 5) is 34.8. The molecule has 3 amide bonds. The summed E-state index contributed by atoms with van der Waals surface area (Å²) in [6, 6.07) is -0.924. The molecule has 0 fully saturated rings. The van der Waals surface area contributed by atoms with Gasteiger partial charge in [-0.25, -0.2) is 15.0 Å². The van der Waals surface area contributed by atoms with Gasteiger partial charge >= 0.3 is 12.0 Å². The van der Waals surface area contributed by atoms with Crippen LogP contribution >= 0.6 is 0 Å². The van der Waals surface area contributed by atoms with Crippen molar-refractivity contribution >= 4 is 17.9 Å². The number of carbonyl (C=O) groups is 3. The molecular formula is C5H8N4O4Zn. The summed E-state index contributed by atoms with van der Waals surface area (Å²) in [6.07, 6.45) is 1.58. The van der Waals surface area contributed by atoms with Crippen LogP contribution in [0.25, 0.3) is 0 Å². The first-order valence-electron chi connectivity index (χ1n) is 3.01. The van der Waals surface area contributed by atoms with Crippen LogP contribution in [0.4, 0.5) is 4.79 Å². The molecule has 0 aliphatic heterocycles. The fourth-order valence-electron chi connectivity index (χ4n) is 0.310. The second-order valence-electron chi connectivity index (χ2n) is 1.75. The molecule has 6 N–H and O–H groups in total. The molecule has 0 aromatic carbocycles. The molecule has 0 aromatic heterocycles. The summed E-state index contributed by atoms with van der Waals surface area (Å²) in [7, 11) is 0. The van der Waals surface area contributed by atoms with Gasteiger partial charge in [-0.1, -0.05) is 5.59 Å². The normalized spacial score (nSPS) is 8.86. The topological polar surface area (TPSA) is 137 Å². The molecule has 0 aliphatic carbocycles. The third kappa shape index (κ3) is 10.5. The molecule has 0 spiro atoms. The zero-order valence-corrected chi connectivity index (χ0v) is 10.1. The molecule has 14 heavy (non-hydrogen) atoms. The number of nitrogens with two attached hydrogens (primary N) is 2. The van der Waals surface area contributed by atoms with E-state index in [1.165, 1.54) is 0 Å². The van der Waals surface area contributed by atoms with Crippen molar-refractivity contribution in [3.8, 4) is 0 Å². The van der Waals surface area contributed by atoms with Gasteiger partial charge in [0.25, 0.3) is 0 Å². The Morgan fingerprint density at radius 1 is 1.14 bits per heavy atom. The van der Waals surface area contributed by atoms with Crippen LogP contribution in [0.1, 0.15) is 0 Å². The zero-order valence-electron chi connectivity index (χ0n) is 7.15. The molecule has 0 saturated carbocycles. The number of hydrogen-bond acceptors (Lipinski definition) is 5. The van der Waals surface area contributed by atoms with Crippen molar-refractivity contribution in [3.05, 3.63) is 12.2 Å². The van der Waals surface area contributed by atoms with E-state index in [1.54, 1.807) is 11.0 Å². The maximum atomic E-state index is 10.6. The molecule has 74 valence electrons. The van der Waals surface area contributed by atoms with E-state index in [-0.39, 0.29) is 19.5 Å². The molecule has 0 radical (unpaired) electrons. The standard InChI is InChI=1S/C5H8N4O4.Zn/c6-3(10)1-2-4(11)13-9-8-5(7)12;/h1-2,9H,(H2,6,10)(H3,7,8,12);/b2-1-;. The molecule has 8 nitrogen and oxygen atoms in total. The molecule has 0 unspecified atom stereocenters. The minimum Gasteiger partial charge on any atom is -0.366 e. The van der Waals surface area contributed by atoms with Crippen LogP contribution in [0.2, 0.25) is 0 Å². The molecule has 9 heteroatoms. The molecule has 0 aromatic rings. The molecule has 0 saturated heterocycles. The Hall–Kier alpha value is -1.47.